The number of hydrogen-bond donors (Lipinski definition) is 1. The van der Waals surface area contributed by atoms with Gasteiger partial charge < -0.3 is 19.5 Å². The minimum absolute atomic E-state index is 0.161. The molecular weight excluding hydrogens is 410 g/mol. The van der Waals surface area contributed by atoms with E-state index in [0.29, 0.717) is 13.0 Å². The molecule has 0 unspecified atom stereocenters. The zero-order valence-electron chi connectivity index (χ0n) is 18.4. The third kappa shape index (κ3) is 5.95. The summed E-state index contributed by atoms with van der Waals surface area (Å²) in [5, 5.41) is 7.24. The monoisotopic (exact) mass is 437 g/mol. The van der Waals surface area contributed by atoms with Crippen LogP contribution in [0.4, 0.5) is 0 Å². The Bertz CT molecular complexity index is 1080. The van der Waals surface area contributed by atoms with E-state index in [-0.39, 0.29) is 29.7 Å². The normalized spacial score (nSPS) is 11.6. The highest BCUT2D eigenvalue weighted by Gasteiger charge is 2.18. The van der Waals surface area contributed by atoms with E-state index in [4.69, 9.17) is 14.2 Å². The first-order valence-electron chi connectivity index (χ1n) is 10.2. The molecule has 0 bridgehead atoms. The van der Waals surface area contributed by atoms with Crippen LogP contribution in [0.5, 0.6) is 11.5 Å². The number of hydrogen-bond acceptors (Lipinski definition) is 6. The minimum Gasteiger partial charge on any atom is -0.497 e. The van der Waals surface area contributed by atoms with Crippen LogP contribution in [0.1, 0.15) is 27.7 Å². The summed E-state index contributed by atoms with van der Waals surface area (Å²) in [6.07, 6.45) is 0.561. The van der Waals surface area contributed by atoms with Gasteiger partial charge in [-0.15, -0.1) is 0 Å². The van der Waals surface area contributed by atoms with Crippen molar-refractivity contribution >= 4 is 5.91 Å². The van der Waals surface area contributed by atoms with E-state index in [1.807, 2.05) is 48.5 Å². The molecule has 0 saturated heterocycles. The fourth-order valence-corrected chi connectivity index (χ4v) is 3.23. The molecule has 0 aliphatic carbocycles. The van der Waals surface area contributed by atoms with Crippen LogP contribution in [-0.4, -0.2) is 43.6 Å². The minimum atomic E-state index is -0.370. The standard InChI is InChI=1S/C24H27N3O5/c1-30-15-14-27-23(28)13-12-21(26-27)24(29)25-22(18-6-10-20(32-3)11-7-18)16-17-4-8-19(31-2)9-5-17/h4-13,22H,14-16H2,1-3H3,(H,25,29)/t22-/m0/s1. The first-order chi connectivity index (χ1) is 15.5. The number of amides is 1. The largest absolute Gasteiger partial charge is 0.497 e. The number of rotatable bonds is 10. The number of aromatic nitrogens is 2. The second-order valence-electron chi connectivity index (χ2n) is 7.12. The van der Waals surface area contributed by atoms with Crippen molar-refractivity contribution in [3.63, 3.8) is 0 Å². The third-order valence-electron chi connectivity index (χ3n) is 5.03. The lowest BCUT2D eigenvalue weighted by Gasteiger charge is -2.20. The molecule has 1 amide bonds. The van der Waals surface area contributed by atoms with Gasteiger partial charge in [0.05, 0.1) is 33.4 Å². The Labute approximate surface area is 186 Å². The molecular formula is C24H27N3O5. The lowest BCUT2D eigenvalue weighted by atomic mass is 9.98. The van der Waals surface area contributed by atoms with Crippen molar-refractivity contribution in [2.24, 2.45) is 0 Å². The van der Waals surface area contributed by atoms with Crippen LogP contribution in [0.15, 0.2) is 65.5 Å². The van der Waals surface area contributed by atoms with E-state index in [0.717, 1.165) is 22.6 Å². The highest BCUT2D eigenvalue weighted by Crippen LogP contribution is 2.23. The SMILES string of the molecule is COCCn1nc(C(=O)N[C@@H](Cc2ccc(OC)cc2)c2ccc(OC)cc2)ccc1=O. The maximum atomic E-state index is 13.0. The first kappa shape index (κ1) is 23.0. The molecule has 1 atom stereocenters. The van der Waals surface area contributed by atoms with Gasteiger partial charge in [-0.1, -0.05) is 24.3 Å². The quantitative estimate of drug-likeness (QED) is 0.524. The van der Waals surface area contributed by atoms with E-state index >= 15 is 0 Å². The summed E-state index contributed by atoms with van der Waals surface area (Å²) >= 11 is 0. The average Bonchev–Trinajstić information content (AvgIpc) is 2.83. The van der Waals surface area contributed by atoms with Gasteiger partial charge in [-0.05, 0) is 47.9 Å². The van der Waals surface area contributed by atoms with Gasteiger partial charge in [0.1, 0.15) is 17.2 Å². The maximum absolute atomic E-state index is 13.0. The Balaban J connectivity index is 1.85. The molecule has 8 heteroatoms. The topological polar surface area (TPSA) is 91.7 Å². The summed E-state index contributed by atoms with van der Waals surface area (Å²) in [6, 6.07) is 17.7. The predicted molar refractivity (Wildman–Crippen MR) is 120 cm³/mol. The van der Waals surface area contributed by atoms with Gasteiger partial charge in [-0.3, -0.25) is 9.59 Å². The summed E-state index contributed by atoms with van der Waals surface area (Å²) in [7, 11) is 4.77. The zero-order valence-corrected chi connectivity index (χ0v) is 18.4. The molecule has 168 valence electrons. The van der Waals surface area contributed by atoms with Crippen LogP contribution in [-0.2, 0) is 17.7 Å². The number of nitrogens with one attached hydrogen (secondary N) is 1. The molecule has 2 aromatic carbocycles. The fourth-order valence-electron chi connectivity index (χ4n) is 3.23. The molecule has 1 N–H and O–H groups in total. The van der Waals surface area contributed by atoms with Crippen LogP contribution in [0, 0.1) is 0 Å². The second kappa shape index (κ2) is 11.1. The van der Waals surface area contributed by atoms with Crippen LogP contribution in [0.3, 0.4) is 0 Å². The molecule has 0 saturated carbocycles. The van der Waals surface area contributed by atoms with Crippen molar-refractivity contribution in [2.45, 2.75) is 19.0 Å². The number of ether oxygens (including phenoxy) is 3. The molecule has 1 heterocycles. The van der Waals surface area contributed by atoms with Crippen molar-refractivity contribution in [2.75, 3.05) is 27.9 Å². The van der Waals surface area contributed by atoms with Gasteiger partial charge >= 0.3 is 0 Å². The average molecular weight is 437 g/mol. The molecule has 8 nitrogen and oxygen atoms in total. The van der Waals surface area contributed by atoms with Crippen LogP contribution >= 0.6 is 0 Å². The van der Waals surface area contributed by atoms with Crippen molar-refractivity contribution < 1.29 is 19.0 Å². The molecule has 0 spiro atoms. The zero-order chi connectivity index (χ0) is 22.9. The van der Waals surface area contributed by atoms with Gasteiger partial charge in [0.25, 0.3) is 11.5 Å². The number of carbonyl (C=O) groups excluding carboxylic acids is 1. The maximum Gasteiger partial charge on any atom is 0.272 e. The summed E-state index contributed by atoms with van der Waals surface area (Å²) in [6.45, 7) is 0.591. The summed E-state index contributed by atoms with van der Waals surface area (Å²) in [5.41, 5.74) is 1.82. The molecule has 3 rings (SSSR count). The fraction of sp³-hybridized carbons (Fsp3) is 0.292. The van der Waals surface area contributed by atoms with Gasteiger partial charge in [0, 0.05) is 13.2 Å². The van der Waals surface area contributed by atoms with Crippen molar-refractivity contribution in [3.05, 3.63) is 87.8 Å². The van der Waals surface area contributed by atoms with E-state index < -0.39 is 0 Å². The molecule has 0 aliphatic rings. The number of methoxy groups -OCH3 is 3. The van der Waals surface area contributed by atoms with Crippen LogP contribution in [0.2, 0.25) is 0 Å². The Kier molecular flexibility index (Phi) is 7.99. The molecule has 32 heavy (non-hydrogen) atoms. The smallest absolute Gasteiger partial charge is 0.272 e. The van der Waals surface area contributed by atoms with Crippen LogP contribution < -0.4 is 20.3 Å². The number of nitrogens with zero attached hydrogens (tertiary/aromatic N) is 2. The van der Waals surface area contributed by atoms with Crippen molar-refractivity contribution in [1.29, 1.82) is 0 Å². The molecule has 0 radical (unpaired) electrons. The van der Waals surface area contributed by atoms with E-state index in [1.165, 1.54) is 16.8 Å². The summed E-state index contributed by atoms with van der Waals surface area (Å²) < 4.78 is 16.7. The van der Waals surface area contributed by atoms with Gasteiger partial charge in [0.2, 0.25) is 0 Å². The number of carbonyl (C=O) groups is 1. The Hall–Kier alpha value is -3.65. The van der Waals surface area contributed by atoms with E-state index in [1.54, 1.807) is 21.3 Å². The Morgan fingerprint density at radius 3 is 2.16 bits per heavy atom. The third-order valence-corrected chi connectivity index (χ3v) is 5.03. The van der Waals surface area contributed by atoms with Gasteiger partial charge in [-0.25, -0.2) is 4.68 Å². The van der Waals surface area contributed by atoms with Crippen molar-refractivity contribution in [3.8, 4) is 11.5 Å². The molecule has 0 aliphatic heterocycles. The predicted octanol–water partition coefficient (Wildman–Crippen LogP) is 2.62. The lowest BCUT2D eigenvalue weighted by molar-refractivity contribution is 0.0927. The molecule has 3 aromatic rings. The summed E-state index contributed by atoms with van der Waals surface area (Å²) in [5.74, 6) is 1.13. The highest BCUT2D eigenvalue weighted by atomic mass is 16.5. The summed E-state index contributed by atoms with van der Waals surface area (Å²) in [4.78, 5) is 25.0. The lowest BCUT2D eigenvalue weighted by Crippen LogP contribution is -2.33. The Morgan fingerprint density at radius 1 is 0.938 bits per heavy atom. The number of benzene rings is 2. The molecule has 1 aromatic heterocycles. The van der Waals surface area contributed by atoms with Gasteiger partial charge in [-0.2, -0.15) is 5.10 Å². The van der Waals surface area contributed by atoms with E-state index in [2.05, 4.69) is 10.4 Å². The van der Waals surface area contributed by atoms with Crippen LogP contribution in [0.25, 0.3) is 0 Å². The molecule has 0 fully saturated rings. The van der Waals surface area contributed by atoms with E-state index in [9.17, 15) is 9.59 Å². The second-order valence-corrected chi connectivity index (χ2v) is 7.12. The first-order valence-corrected chi connectivity index (χ1v) is 10.2. The Morgan fingerprint density at radius 2 is 1.56 bits per heavy atom. The van der Waals surface area contributed by atoms with Crippen molar-refractivity contribution in [1.82, 2.24) is 15.1 Å². The highest BCUT2D eigenvalue weighted by molar-refractivity contribution is 5.92. The van der Waals surface area contributed by atoms with Gasteiger partial charge in [0.15, 0.2) is 0 Å².